The summed E-state index contributed by atoms with van der Waals surface area (Å²) in [6.07, 6.45) is 6.22. The Balaban J connectivity index is 1.73. The van der Waals surface area contributed by atoms with Crippen LogP contribution in [0.25, 0.3) is 0 Å². The van der Waals surface area contributed by atoms with Crippen LogP contribution in [0.1, 0.15) is 46.0 Å². The summed E-state index contributed by atoms with van der Waals surface area (Å²) in [5, 5.41) is 12.1. The van der Waals surface area contributed by atoms with Crippen molar-refractivity contribution in [2.45, 2.75) is 52.0 Å². The van der Waals surface area contributed by atoms with E-state index in [4.69, 9.17) is 5.11 Å². The van der Waals surface area contributed by atoms with Gasteiger partial charge >= 0.3 is 0 Å². The SMILES string of the molecule is CCN(CCCO)CC(=O)NC(C)C1CC2CCC1C2. The molecule has 2 fully saturated rings. The predicted octanol–water partition coefficient (Wildman–Crippen LogP) is 1.63. The molecule has 0 aromatic rings. The van der Waals surface area contributed by atoms with E-state index < -0.39 is 0 Å². The lowest BCUT2D eigenvalue weighted by molar-refractivity contribution is -0.123. The van der Waals surface area contributed by atoms with Gasteiger partial charge in [0.2, 0.25) is 5.91 Å². The Morgan fingerprint density at radius 2 is 2.20 bits per heavy atom. The maximum atomic E-state index is 12.1. The zero-order valence-corrected chi connectivity index (χ0v) is 13.0. The number of aliphatic hydroxyl groups excluding tert-OH is 1. The van der Waals surface area contributed by atoms with Crippen molar-refractivity contribution >= 4 is 5.91 Å². The first-order valence-electron chi connectivity index (χ1n) is 8.26. The van der Waals surface area contributed by atoms with Crippen molar-refractivity contribution in [2.75, 3.05) is 26.2 Å². The third-order valence-corrected chi connectivity index (χ3v) is 5.27. The second kappa shape index (κ2) is 7.41. The minimum absolute atomic E-state index is 0.139. The molecule has 2 aliphatic carbocycles. The number of fused-ring (bicyclic) bond motifs is 2. The number of nitrogens with one attached hydrogen (secondary N) is 1. The molecular weight excluding hydrogens is 252 g/mol. The maximum Gasteiger partial charge on any atom is 0.234 e. The summed E-state index contributed by atoms with van der Waals surface area (Å²) in [5.74, 6) is 2.62. The van der Waals surface area contributed by atoms with Gasteiger partial charge in [0.25, 0.3) is 0 Å². The largest absolute Gasteiger partial charge is 0.396 e. The zero-order chi connectivity index (χ0) is 14.5. The third kappa shape index (κ3) is 3.95. The fourth-order valence-corrected chi connectivity index (χ4v) is 4.16. The molecule has 0 saturated heterocycles. The molecule has 0 aromatic carbocycles. The fourth-order valence-electron chi connectivity index (χ4n) is 4.16. The highest BCUT2D eigenvalue weighted by Crippen LogP contribution is 2.49. The molecule has 2 aliphatic rings. The van der Waals surface area contributed by atoms with Crippen LogP contribution in [0.15, 0.2) is 0 Å². The first-order valence-corrected chi connectivity index (χ1v) is 8.26. The Kier molecular flexibility index (Phi) is 5.85. The second-order valence-electron chi connectivity index (χ2n) is 6.64. The Hall–Kier alpha value is -0.610. The van der Waals surface area contributed by atoms with E-state index in [1.807, 2.05) is 0 Å². The lowest BCUT2D eigenvalue weighted by Gasteiger charge is -2.29. The van der Waals surface area contributed by atoms with E-state index in [2.05, 4.69) is 24.1 Å². The number of hydrogen-bond donors (Lipinski definition) is 2. The summed E-state index contributed by atoms with van der Waals surface area (Å²) in [6, 6.07) is 0.314. The highest BCUT2D eigenvalue weighted by Gasteiger charge is 2.42. The van der Waals surface area contributed by atoms with E-state index >= 15 is 0 Å². The molecule has 0 heterocycles. The summed E-state index contributed by atoms with van der Waals surface area (Å²) in [6.45, 7) is 6.54. The van der Waals surface area contributed by atoms with Crippen LogP contribution >= 0.6 is 0 Å². The molecule has 0 aliphatic heterocycles. The zero-order valence-electron chi connectivity index (χ0n) is 13.0. The first kappa shape index (κ1) is 15.8. The number of carbonyl (C=O) groups is 1. The number of carbonyl (C=O) groups excluding carboxylic acids is 1. The van der Waals surface area contributed by atoms with Crippen LogP contribution in [0.2, 0.25) is 0 Å². The number of amides is 1. The average Bonchev–Trinajstić information content (AvgIpc) is 3.05. The molecule has 0 aromatic heterocycles. The van der Waals surface area contributed by atoms with Crippen LogP contribution in [0.4, 0.5) is 0 Å². The Morgan fingerprint density at radius 1 is 1.40 bits per heavy atom. The van der Waals surface area contributed by atoms with Crippen molar-refractivity contribution in [3.05, 3.63) is 0 Å². The van der Waals surface area contributed by atoms with E-state index in [0.29, 0.717) is 18.5 Å². The van der Waals surface area contributed by atoms with Crippen molar-refractivity contribution in [1.29, 1.82) is 0 Å². The van der Waals surface area contributed by atoms with Gasteiger partial charge in [0.1, 0.15) is 0 Å². The van der Waals surface area contributed by atoms with Gasteiger partial charge in [-0.2, -0.15) is 0 Å². The van der Waals surface area contributed by atoms with Crippen LogP contribution in [-0.2, 0) is 4.79 Å². The van der Waals surface area contributed by atoms with Crippen LogP contribution in [-0.4, -0.2) is 48.2 Å². The molecule has 4 nitrogen and oxygen atoms in total. The van der Waals surface area contributed by atoms with E-state index in [0.717, 1.165) is 31.3 Å². The number of hydrogen-bond acceptors (Lipinski definition) is 3. The van der Waals surface area contributed by atoms with E-state index in [1.165, 1.54) is 25.7 Å². The normalized spacial score (nSPS) is 29.9. The van der Waals surface area contributed by atoms with Crippen molar-refractivity contribution in [1.82, 2.24) is 10.2 Å². The fraction of sp³-hybridized carbons (Fsp3) is 0.938. The number of aliphatic hydroxyl groups is 1. The van der Waals surface area contributed by atoms with Crippen LogP contribution in [0.3, 0.4) is 0 Å². The topological polar surface area (TPSA) is 52.6 Å². The summed E-state index contributed by atoms with van der Waals surface area (Å²) >= 11 is 0. The number of nitrogens with zero attached hydrogens (tertiary/aromatic N) is 1. The van der Waals surface area contributed by atoms with Gasteiger partial charge in [-0.3, -0.25) is 9.69 Å². The Bertz CT molecular complexity index is 322. The molecule has 4 unspecified atom stereocenters. The van der Waals surface area contributed by atoms with Gasteiger partial charge < -0.3 is 10.4 Å². The summed E-state index contributed by atoms with van der Waals surface area (Å²) in [7, 11) is 0. The van der Waals surface area contributed by atoms with Crippen LogP contribution in [0.5, 0.6) is 0 Å². The average molecular weight is 282 g/mol. The van der Waals surface area contributed by atoms with Crippen LogP contribution < -0.4 is 5.32 Å². The molecule has 20 heavy (non-hydrogen) atoms. The van der Waals surface area contributed by atoms with Gasteiger partial charge in [0.15, 0.2) is 0 Å². The minimum Gasteiger partial charge on any atom is -0.396 e. The molecule has 2 bridgehead atoms. The highest BCUT2D eigenvalue weighted by atomic mass is 16.3. The predicted molar refractivity (Wildman–Crippen MR) is 80.4 cm³/mol. The van der Waals surface area contributed by atoms with Crippen LogP contribution in [0, 0.1) is 17.8 Å². The molecule has 2 rings (SSSR count). The first-order chi connectivity index (χ1) is 9.63. The maximum absolute atomic E-state index is 12.1. The number of rotatable bonds is 8. The standard InChI is InChI=1S/C16H30N2O2/c1-3-18(7-4-8-19)11-16(20)17-12(2)15-10-13-5-6-14(15)9-13/h12-15,19H,3-11H2,1-2H3,(H,17,20). The van der Waals surface area contributed by atoms with Crippen molar-refractivity contribution in [3.63, 3.8) is 0 Å². The molecule has 1 amide bonds. The monoisotopic (exact) mass is 282 g/mol. The molecule has 116 valence electrons. The molecule has 2 N–H and O–H groups in total. The van der Waals surface area contributed by atoms with Gasteiger partial charge in [0.05, 0.1) is 6.54 Å². The summed E-state index contributed by atoms with van der Waals surface area (Å²) in [5.41, 5.74) is 0. The van der Waals surface area contributed by atoms with E-state index in [1.54, 1.807) is 0 Å². The molecule has 0 radical (unpaired) electrons. The second-order valence-corrected chi connectivity index (χ2v) is 6.64. The Labute approximate surface area is 122 Å². The van der Waals surface area contributed by atoms with E-state index in [9.17, 15) is 4.79 Å². The van der Waals surface area contributed by atoms with Gasteiger partial charge in [-0.1, -0.05) is 13.3 Å². The van der Waals surface area contributed by atoms with Crippen molar-refractivity contribution in [2.24, 2.45) is 17.8 Å². The molecule has 0 spiro atoms. The molecule has 2 saturated carbocycles. The lowest BCUT2D eigenvalue weighted by Crippen LogP contribution is -2.45. The highest BCUT2D eigenvalue weighted by molar-refractivity contribution is 5.78. The quantitative estimate of drug-likeness (QED) is 0.711. The van der Waals surface area contributed by atoms with Gasteiger partial charge in [-0.15, -0.1) is 0 Å². The van der Waals surface area contributed by atoms with Gasteiger partial charge in [0, 0.05) is 19.2 Å². The van der Waals surface area contributed by atoms with E-state index in [-0.39, 0.29) is 12.5 Å². The van der Waals surface area contributed by atoms with Crippen molar-refractivity contribution < 1.29 is 9.90 Å². The summed E-state index contributed by atoms with van der Waals surface area (Å²) < 4.78 is 0. The molecule has 4 atom stereocenters. The number of likely N-dealkylation sites (N-methyl/N-ethyl adjacent to an activating group) is 1. The minimum atomic E-state index is 0.139. The summed E-state index contributed by atoms with van der Waals surface area (Å²) in [4.78, 5) is 14.2. The van der Waals surface area contributed by atoms with Crippen molar-refractivity contribution in [3.8, 4) is 0 Å². The van der Waals surface area contributed by atoms with Gasteiger partial charge in [-0.25, -0.2) is 0 Å². The lowest BCUT2D eigenvalue weighted by atomic mass is 9.84. The van der Waals surface area contributed by atoms with Gasteiger partial charge in [-0.05, 0) is 56.9 Å². The molecular formula is C16H30N2O2. The molecule has 4 heteroatoms. The third-order valence-electron chi connectivity index (χ3n) is 5.27. The smallest absolute Gasteiger partial charge is 0.234 e. The Morgan fingerprint density at radius 3 is 2.75 bits per heavy atom.